The van der Waals surface area contributed by atoms with Gasteiger partial charge in [0.15, 0.2) is 5.16 Å². The predicted molar refractivity (Wildman–Crippen MR) is 99.7 cm³/mol. The fourth-order valence-electron chi connectivity index (χ4n) is 2.61. The van der Waals surface area contributed by atoms with Crippen LogP contribution in [0.15, 0.2) is 5.16 Å². The van der Waals surface area contributed by atoms with Gasteiger partial charge in [-0.3, -0.25) is 9.59 Å². The Morgan fingerprint density at radius 3 is 2.77 bits per heavy atom. The van der Waals surface area contributed by atoms with Crippen LogP contribution in [0.4, 0.5) is 0 Å². The van der Waals surface area contributed by atoms with Crippen LogP contribution in [0.5, 0.6) is 0 Å². The standard InChI is InChI=1S/C17H29N5O3S/c1-11(2)12(3)19-16(24)10-26-17-21-20-15(7-6-14(18)23)22(17)9-13-5-4-8-25-13/h11-13H,4-10H2,1-3H3,(H2,18,23)(H,19,24)/t12-,13-/m1/s1. The molecule has 0 spiro atoms. The molecule has 3 N–H and O–H groups in total. The molecule has 0 unspecified atom stereocenters. The van der Waals surface area contributed by atoms with E-state index in [0.717, 1.165) is 19.4 Å². The summed E-state index contributed by atoms with van der Waals surface area (Å²) in [6, 6.07) is 0.124. The largest absolute Gasteiger partial charge is 0.376 e. The quantitative estimate of drug-likeness (QED) is 0.586. The van der Waals surface area contributed by atoms with Crippen LogP contribution in [-0.2, 0) is 27.3 Å². The van der Waals surface area contributed by atoms with E-state index in [0.29, 0.717) is 29.9 Å². The van der Waals surface area contributed by atoms with Crippen molar-refractivity contribution in [2.45, 2.75) is 70.3 Å². The first kappa shape index (κ1) is 20.7. The Labute approximate surface area is 158 Å². The van der Waals surface area contributed by atoms with Crippen molar-refractivity contribution in [1.82, 2.24) is 20.1 Å². The molecule has 26 heavy (non-hydrogen) atoms. The minimum Gasteiger partial charge on any atom is -0.376 e. The normalized spacial score (nSPS) is 18.2. The monoisotopic (exact) mass is 383 g/mol. The van der Waals surface area contributed by atoms with Gasteiger partial charge in [-0.25, -0.2) is 0 Å². The highest BCUT2D eigenvalue weighted by Crippen LogP contribution is 2.22. The Kier molecular flexibility index (Phi) is 7.89. The lowest BCUT2D eigenvalue weighted by Crippen LogP contribution is -2.37. The molecule has 2 rings (SSSR count). The van der Waals surface area contributed by atoms with Crippen LogP contribution in [0.25, 0.3) is 0 Å². The minimum atomic E-state index is -0.368. The van der Waals surface area contributed by atoms with Crippen LogP contribution in [0.3, 0.4) is 0 Å². The Morgan fingerprint density at radius 2 is 2.15 bits per heavy atom. The Morgan fingerprint density at radius 1 is 1.38 bits per heavy atom. The number of ether oxygens (including phenoxy) is 1. The smallest absolute Gasteiger partial charge is 0.230 e. The number of thioether (sulfide) groups is 1. The van der Waals surface area contributed by atoms with Gasteiger partial charge in [0.2, 0.25) is 11.8 Å². The van der Waals surface area contributed by atoms with Gasteiger partial charge in [0.25, 0.3) is 0 Å². The molecule has 146 valence electrons. The van der Waals surface area contributed by atoms with E-state index >= 15 is 0 Å². The summed E-state index contributed by atoms with van der Waals surface area (Å²) < 4.78 is 7.67. The van der Waals surface area contributed by atoms with Gasteiger partial charge in [0.1, 0.15) is 5.82 Å². The third-order valence-electron chi connectivity index (χ3n) is 4.52. The Hall–Kier alpha value is -1.61. The molecule has 2 amide bonds. The fourth-order valence-corrected chi connectivity index (χ4v) is 3.39. The fraction of sp³-hybridized carbons (Fsp3) is 0.765. The SMILES string of the molecule is CC(C)[C@@H](C)NC(=O)CSc1nnc(CCC(N)=O)n1C[C@H]1CCCO1. The van der Waals surface area contributed by atoms with Crippen LogP contribution in [-0.4, -0.2) is 51.1 Å². The second-order valence-electron chi connectivity index (χ2n) is 7.00. The molecule has 0 bridgehead atoms. The number of carbonyl (C=O) groups excluding carboxylic acids is 2. The van der Waals surface area contributed by atoms with Gasteiger partial charge < -0.3 is 20.4 Å². The third kappa shape index (κ3) is 6.28. The summed E-state index contributed by atoms with van der Waals surface area (Å²) in [5.41, 5.74) is 5.25. The lowest BCUT2D eigenvalue weighted by Gasteiger charge is -2.17. The Balaban J connectivity index is 2.01. The van der Waals surface area contributed by atoms with Gasteiger partial charge in [-0.05, 0) is 25.7 Å². The first-order valence-electron chi connectivity index (χ1n) is 9.11. The zero-order valence-corrected chi connectivity index (χ0v) is 16.6. The number of rotatable bonds is 10. The van der Waals surface area contributed by atoms with E-state index < -0.39 is 0 Å². The maximum atomic E-state index is 12.1. The lowest BCUT2D eigenvalue weighted by molar-refractivity contribution is -0.119. The number of nitrogens with two attached hydrogens (primary N) is 1. The van der Waals surface area contributed by atoms with Crippen molar-refractivity contribution in [2.75, 3.05) is 12.4 Å². The maximum Gasteiger partial charge on any atom is 0.230 e. The molecule has 0 radical (unpaired) electrons. The number of hydrogen-bond donors (Lipinski definition) is 2. The summed E-state index contributed by atoms with van der Waals surface area (Å²) in [6.07, 6.45) is 2.81. The lowest BCUT2D eigenvalue weighted by atomic mass is 10.1. The predicted octanol–water partition coefficient (Wildman–Crippen LogP) is 1.13. The van der Waals surface area contributed by atoms with Crippen molar-refractivity contribution in [3.05, 3.63) is 5.82 Å². The summed E-state index contributed by atoms with van der Waals surface area (Å²) in [5, 5.41) is 12.1. The molecular weight excluding hydrogens is 354 g/mol. The number of aryl methyl sites for hydroxylation is 1. The van der Waals surface area contributed by atoms with Gasteiger partial charge in [0, 0.05) is 25.5 Å². The Bertz CT molecular complexity index is 614. The van der Waals surface area contributed by atoms with E-state index in [1.54, 1.807) is 0 Å². The van der Waals surface area contributed by atoms with Crippen molar-refractivity contribution < 1.29 is 14.3 Å². The van der Waals surface area contributed by atoms with Crippen molar-refractivity contribution in [3.8, 4) is 0 Å². The summed E-state index contributed by atoms with van der Waals surface area (Å²) in [6.45, 7) is 7.53. The van der Waals surface area contributed by atoms with Gasteiger partial charge in [-0.1, -0.05) is 25.6 Å². The molecule has 0 saturated carbocycles. The van der Waals surface area contributed by atoms with Crippen molar-refractivity contribution in [1.29, 1.82) is 0 Å². The molecule has 1 fully saturated rings. The van der Waals surface area contributed by atoms with Crippen LogP contribution in [0.1, 0.15) is 45.9 Å². The molecule has 9 heteroatoms. The van der Waals surface area contributed by atoms with E-state index in [4.69, 9.17) is 10.5 Å². The number of hydrogen-bond acceptors (Lipinski definition) is 6. The number of nitrogens with zero attached hydrogens (tertiary/aromatic N) is 3. The van der Waals surface area contributed by atoms with E-state index in [-0.39, 0.29) is 36.1 Å². The second-order valence-corrected chi connectivity index (χ2v) is 7.94. The molecule has 8 nitrogen and oxygen atoms in total. The number of primary amides is 1. The average molecular weight is 384 g/mol. The van der Waals surface area contributed by atoms with Gasteiger partial charge in [-0.2, -0.15) is 0 Å². The highest BCUT2D eigenvalue weighted by molar-refractivity contribution is 7.99. The molecule has 1 aliphatic heterocycles. The van der Waals surface area contributed by atoms with E-state index in [9.17, 15) is 9.59 Å². The molecule has 1 saturated heterocycles. The van der Waals surface area contributed by atoms with E-state index in [1.807, 2.05) is 11.5 Å². The molecule has 0 aliphatic carbocycles. The van der Waals surface area contributed by atoms with Gasteiger partial charge in [-0.15, -0.1) is 10.2 Å². The number of carbonyl (C=O) groups is 2. The highest BCUT2D eigenvalue weighted by Gasteiger charge is 2.22. The minimum absolute atomic E-state index is 0.0263. The van der Waals surface area contributed by atoms with Crippen molar-refractivity contribution in [3.63, 3.8) is 0 Å². The van der Waals surface area contributed by atoms with Crippen LogP contribution < -0.4 is 11.1 Å². The van der Waals surface area contributed by atoms with Crippen molar-refractivity contribution in [2.24, 2.45) is 11.7 Å². The molecule has 1 aromatic rings. The molecule has 1 aliphatic rings. The van der Waals surface area contributed by atoms with E-state index in [2.05, 4.69) is 29.4 Å². The average Bonchev–Trinajstić information content (AvgIpc) is 3.21. The second kappa shape index (κ2) is 9.91. The number of nitrogens with one attached hydrogen (secondary N) is 1. The summed E-state index contributed by atoms with van der Waals surface area (Å²) in [4.78, 5) is 23.2. The van der Waals surface area contributed by atoms with Crippen LogP contribution in [0.2, 0.25) is 0 Å². The third-order valence-corrected chi connectivity index (χ3v) is 5.49. The first-order chi connectivity index (χ1) is 12.4. The summed E-state index contributed by atoms with van der Waals surface area (Å²) >= 11 is 1.35. The van der Waals surface area contributed by atoms with Gasteiger partial charge in [0.05, 0.1) is 18.4 Å². The molecule has 2 heterocycles. The molecule has 2 atom stereocenters. The summed E-state index contributed by atoms with van der Waals surface area (Å²) in [5.74, 6) is 0.969. The topological polar surface area (TPSA) is 112 Å². The molecule has 1 aromatic heterocycles. The first-order valence-corrected chi connectivity index (χ1v) is 10.1. The summed E-state index contributed by atoms with van der Waals surface area (Å²) in [7, 11) is 0. The van der Waals surface area contributed by atoms with Crippen LogP contribution >= 0.6 is 11.8 Å². The van der Waals surface area contributed by atoms with Crippen LogP contribution in [0, 0.1) is 5.92 Å². The highest BCUT2D eigenvalue weighted by atomic mass is 32.2. The molecular formula is C17H29N5O3S. The molecule has 0 aromatic carbocycles. The zero-order valence-electron chi connectivity index (χ0n) is 15.7. The van der Waals surface area contributed by atoms with Crippen molar-refractivity contribution >= 4 is 23.6 Å². The van der Waals surface area contributed by atoms with Gasteiger partial charge >= 0.3 is 0 Å². The number of amides is 2. The zero-order chi connectivity index (χ0) is 19.1. The maximum absolute atomic E-state index is 12.1. The van der Waals surface area contributed by atoms with E-state index in [1.165, 1.54) is 11.8 Å². The number of aromatic nitrogens is 3.